The van der Waals surface area contributed by atoms with Crippen LogP contribution in [0.2, 0.25) is 0 Å². The first-order valence-corrected chi connectivity index (χ1v) is 18.9. The number of rotatable bonds is 11. The van der Waals surface area contributed by atoms with Crippen molar-refractivity contribution in [2.24, 2.45) is 0 Å². The van der Waals surface area contributed by atoms with Gasteiger partial charge in [0.25, 0.3) is 31.9 Å². The van der Waals surface area contributed by atoms with Gasteiger partial charge >= 0.3 is 0 Å². The van der Waals surface area contributed by atoms with E-state index < -0.39 is 43.5 Å². The van der Waals surface area contributed by atoms with E-state index in [1.807, 2.05) is 0 Å². The summed E-state index contributed by atoms with van der Waals surface area (Å²) in [5, 5.41) is 8.89. The van der Waals surface area contributed by atoms with Gasteiger partial charge in [-0.05, 0) is 72.8 Å². The maximum atomic E-state index is 13.3. The van der Waals surface area contributed by atoms with E-state index in [0.717, 1.165) is 71.2 Å². The lowest BCUT2D eigenvalue weighted by Crippen LogP contribution is -2.18. The largest absolute Gasteiger partial charge is 0.298 e. The standard InChI is InChI=1S/C32H22F2N6O6S4/c33-19-9-13-21(14-10-19)49(43,44)39-25-7-3-1-5-23(25)29(41)37-31-35-27(17-47-31)28-18-48-32(36-28)38-30(42)24-6-2-4-8-26(24)40-50(45,46)22-15-11-20(34)12-16-22/h1-18,39-40H,(H,35,37,41)(H,36,38,42). The Kier molecular flexibility index (Phi) is 9.69. The predicted molar refractivity (Wildman–Crippen MR) is 186 cm³/mol. The van der Waals surface area contributed by atoms with E-state index in [-0.39, 0.29) is 42.6 Å². The van der Waals surface area contributed by atoms with Gasteiger partial charge in [-0.3, -0.25) is 29.7 Å². The highest BCUT2D eigenvalue weighted by Gasteiger charge is 2.22. The van der Waals surface area contributed by atoms with Crippen molar-refractivity contribution in [3.63, 3.8) is 0 Å². The Morgan fingerprint density at radius 3 is 1.28 bits per heavy atom. The molecule has 0 fully saturated rings. The topological polar surface area (TPSA) is 176 Å². The first kappa shape index (κ1) is 34.3. The zero-order valence-corrected chi connectivity index (χ0v) is 28.4. The summed E-state index contributed by atoms with van der Waals surface area (Å²) in [5.41, 5.74) is 0.758. The van der Waals surface area contributed by atoms with E-state index in [2.05, 4.69) is 30.0 Å². The number of nitrogens with zero attached hydrogens (tertiary/aromatic N) is 2. The summed E-state index contributed by atoms with van der Waals surface area (Å²) in [6.07, 6.45) is 0. The van der Waals surface area contributed by atoms with Gasteiger partial charge < -0.3 is 0 Å². The van der Waals surface area contributed by atoms with Crippen molar-refractivity contribution in [2.45, 2.75) is 9.79 Å². The summed E-state index contributed by atoms with van der Waals surface area (Å²) in [5.74, 6) is -2.50. The van der Waals surface area contributed by atoms with Gasteiger partial charge in [0, 0.05) is 10.8 Å². The highest BCUT2D eigenvalue weighted by Crippen LogP contribution is 2.30. The second kappa shape index (κ2) is 14.1. The highest BCUT2D eigenvalue weighted by atomic mass is 32.2. The molecule has 2 heterocycles. The maximum absolute atomic E-state index is 13.3. The van der Waals surface area contributed by atoms with Gasteiger partial charge in [-0.25, -0.2) is 35.6 Å². The van der Waals surface area contributed by atoms with E-state index in [4.69, 9.17) is 0 Å². The van der Waals surface area contributed by atoms with Gasteiger partial charge in [0.05, 0.1) is 32.3 Å². The van der Waals surface area contributed by atoms with Crippen LogP contribution in [0.15, 0.2) is 118 Å². The fraction of sp³-hybridized carbons (Fsp3) is 0. The number of anilines is 4. The number of amides is 2. The van der Waals surface area contributed by atoms with Crippen LogP contribution >= 0.6 is 22.7 Å². The number of hydrogen-bond acceptors (Lipinski definition) is 10. The van der Waals surface area contributed by atoms with Crippen molar-refractivity contribution in [3.8, 4) is 11.4 Å². The normalized spacial score (nSPS) is 11.5. The summed E-state index contributed by atoms with van der Waals surface area (Å²) in [6.45, 7) is 0. The van der Waals surface area contributed by atoms with Crippen LogP contribution in [-0.4, -0.2) is 38.6 Å². The highest BCUT2D eigenvalue weighted by molar-refractivity contribution is 7.93. The van der Waals surface area contributed by atoms with Gasteiger partial charge in [-0.15, -0.1) is 22.7 Å². The number of para-hydroxylation sites is 2. The Balaban J connectivity index is 1.12. The smallest absolute Gasteiger partial charge is 0.261 e. The number of benzene rings is 4. The van der Waals surface area contributed by atoms with E-state index in [9.17, 15) is 35.2 Å². The fourth-order valence-corrected chi connectivity index (χ4v) is 7.96. The minimum atomic E-state index is -4.13. The number of thiazole rings is 2. The van der Waals surface area contributed by atoms with Crippen LogP contribution in [0.3, 0.4) is 0 Å². The zero-order valence-electron chi connectivity index (χ0n) is 25.1. The average molecular weight is 753 g/mol. The molecule has 18 heteroatoms. The summed E-state index contributed by atoms with van der Waals surface area (Å²) in [4.78, 5) is 34.7. The molecule has 12 nitrogen and oxygen atoms in total. The molecular formula is C32H22F2N6O6S4. The number of sulfonamides is 2. The number of halogens is 2. The second-order valence-corrected chi connectivity index (χ2v) is 15.3. The maximum Gasteiger partial charge on any atom is 0.261 e. The van der Waals surface area contributed by atoms with Crippen molar-refractivity contribution < 1.29 is 35.2 Å². The number of carbonyl (C=O) groups excluding carboxylic acids is 2. The van der Waals surface area contributed by atoms with E-state index >= 15 is 0 Å². The molecule has 6 rings (SSSR count). The molecule has 0 saturated carbocycles. The van der Waals surface area contributed by atoms with Crippen LogP contribution in [-0.2, 0) is 20.0 Å². The quantitative estimate of drug-likeness (QED) is 0.114. The first-order chi connectivity index (χ1) is 23.9. The number of carbonyl (C=O) groups is 2. The third-order valence-corrected chi connectivity index (χ3v) is 11.1. The lowest BCUT2D eigenvalue weighted by molar-refractivity contribution is 0.101. The summed E-state index contributed by atoms with van der Waals surface area (Å²) < 4.78 is 82.7. The summed E-state index contributed by atoms with van der Waals surface area (Å²) in [7, 11) is -8.25. The number of nitrogens with one attached hydrogen (secondary N) is 4. The minimum Gasteiger partial charge on any atom is -0.298 e. The zero-order chi connectivity index (χ0) is 35.5. The molecule has 0 spiro atoms. The molecule has 254 valence electrons. The van der Waals surface area contributed by atoms with Crippen LogP contribution in [0.4, 0.5) is 30.4 Å². The Hall–Kier alpha value is -5.56. The van der Waals surface area contributed by atoms with Gasteiger partial charge in [-0.1, -0.05) is 24.3 Å². The molecular weight excluding hydrogens is 731 g/mol. The molecule has 50 heavy (non-hydrogen) atoms. The molecule has 4 N–H and O–H groups in total. The van der Waals surface area contributed by atoms with Crippen LogP contribution in [0.5, 0.6) is 0 Å². The Morgan fingerprint density at radius 2 is 0.900 bits per heavy atom. The minimum absolute atomic E-state index is 0.00387. The van der Waals surface area contributed by atoms with Crippen molar-refractivity contribution in [2.75, 3.05) is 20.1 Å². The third kappa shape index (κ3) is 7.84. The Bertz CT molecular complexity index is 2260. The van der Waals surface area contributed by atoms with Crippen molar-refractivity contribution in [1.82, 2.24) is 9.97 Å². The molecule has 0 atom stereocenters. The molecule has 0 radical (unpaired) electrons. The van der Waals surface area contributed by atoms with Gasteiger partial charge in [0.15, 0.2) is 10.3 Å². The molecule has 2 amide bonds. The van der Waals surface area contributed by atoms with E-state index in [0.29, 0.717) is 11.4 Å². The molecule has 0 aliphatic heterocycles. The van der Waals surface area contributed by atoms with Crippen molar-refractivity contribution in [1.29, 1.82) is 0 Å². The molecule has 0 bridgehead atoms. The lowest BCUT2D eigenvalue weighted by Gasteiger charge is -2.12. The monoisotopic (exact) mass is 752 g/mol. The number of hydrogen-bond donors (Lipinski definition) is 4. The Morgan fingerprint density at radius 1 is 0.540 bits per heavy atom. The van der Waals surface area contributed by atoms with Gasteiger partial charge in [0.1, 0.15) is 23.0 Å². The lowest BCUT2D eigenvalue weighted by atomic mass is 10.2. The van der Waals surface area contributed by atoms with Gasteiger partial charge in [-0.2, -0.15) is 0 Å². The predicted octanol–water partition coefficient (Wildman–Crippen LogP) is 6.65. The number of aromatic nitrogens is 2. The Labute approximate surface area is 292 Å². The molecule has 2 aromatic heterocycles. The molecule has 0 saturated heterocycles. The van der Waals surface area contributed by atoms with Crippen LogP contribution in [0, 0.1) is 11.6 Å². The summed E-state index contributed by atoms with van der Waals surface area (Å²) in [6, 6.07) is 20.3. The average Bonchev–Trinajstić information content (AvgIpc) is 3.75. The van der Waals surface area contributed by atoms with E-state index in [1.54, 1.807) is 35.0 Å². The summed E-state index contributed by atoms with van der Waals surface area (Å²) >= 11 is 2.17. The van der Waals surface area contributed by atoms with Crippen molar-refractivity contribution in [3.05, 3.63) is 131 Å². The van der Waals surface area contributed by atoms with E-state index in [1.165, 1.54) is 24.3 Å². The SMILES string of the molecule is O=C(Nc1nc(-c2csc(NC(=O)c3ccccc3NS(=O)(=O)c3ccc(F)cc3)n2)cs1)c1ccccc1NS(=O)(=O)c1ccc(F)cc1. The van der Waals surface area contributed by atoms with Gasteiger partial charge in [0.2, 0.25) is 0 Å². The molecule has 4 aromatic carbocycles. The third-order valence-electron chi connectivity index (χ3n) is 6.79. The van der Waals surface area contributed by atoms with Crippen molar-refractivity contribution >= 4 is 76.2 Å². The van der Waals surface area contributed by atoms with Crippen LogP contribution in [0.25, 0.3) is 11.4 Å². The molecule has 0 aliphatic carbocycles. The molecule has 0 unspecified atom stereocenters. The van der Waals surface area contributed by atoms with Crippen LogP contribution < -0.4 is 20.1 Å². The van der Waals surface area contributed by atoms with Crippen LogP contribution in [0.1, 0.15) is 20.7 Å². The molecule has 6 aromatic rings. The fourth-order valence-electron chi connectivity index (χ4n) is 4.40. The first-order valence-electron chi connectivity index (χ1n) is 14.2. The molecule has 0 aliphatic rings. The second-order valence-electron chi connectivity index (χ2n) is 10.2.